The minimum Gasteiger partial charge on any atom is -0.272 e. The largest absolute Gasteiger partial charge is 0.272 e. The summed E-state index contributed by atoms with van der Waals surface area (Å²) in [6.07, 6.45) is 2.55. The van der Waals surface area contributed by atoms with Crippen molar-refractivity contribution >= 4 is 23.7 Å². The zero-order valence-corrected chi connectivity index (χ0v) is 11.6. The van der Waals surface area contributed by atoms with Crippen LogP contribution in [0, 0.1) is 5.41 Å². The van der Waals surface area contributed by atoms with E-state index < -0.39 is 5.41 Å². The van der Waals surface area contributed by atoms with Crippen LogP contribution in [0.2, 0.25) is 5.02 Å². The minimum atomic E-state index is -0.424. The fraction of sp³-hybridized carbons (Fsp3) is 0.429. The van der Waals surface area contributed by atoms with Crippen molar-refractivity contribution in [3.63, 3.8) is 0 Å². The van der Waals surface area contributed by atoms with Crippen molar-refractivity contribution in [1.82, 2.24) is 5.01 Å². The maximum absolute atomic E-state index is 12.3. The summed E-state index contributed by atoms with van der Waals surface area (Å²) in [4.78, 5) is 12.3. The molecule has 0 spiro atoms. The third-order valence-electron chi connectivity index (χ3n) is 2.93. The number of amides is 1. The lowest BCUT2D eigenvalue weighted by atomic mass is 9.94. The van der Waals surface area contributed by atoms with E-state index in [1.165, 1.54) is 0 Å². The van der Waals surface area contributed by atoms with Crippen molar-refractivity contribution < 1.29 is 4.79 Å². The second-order valence-corrected chi connectivity index (χ2v) is 5.94. The minimum absolute atomic E-state index is 0.00556. The van der Waals surface area contributed by atoms with E-state index >= 15 is 0 Å². The van der Waals surface area contributed by atoms with Gasteiger partial charge in [0.15, 0.2) is 0 Å². The smallest absolute Gasteiger partial charge is 0.248 e. The van der Waals surface area contributed by atoms with E-state index in [4.69, 9.17) is 11.6 Å². The average Bonchev–Trinajstić information content (AvgIpc) is 2.76. The van der Waals surface area contributed by atoms with Gasteiger partial charge < -0.3 is 0 Å². The van der Waals surface area contributed by atoms with Crippen LogP contribution in [0.5, 0.6) is 0 Å². The highest BCUT2D eigenvalue weighted by Crippen LogP contribution is 2.32. The van der Waals surface area contributed by atoms with Gasteiger partial charge in [-0.2, -0.15) is 5.10 Å². The van der Waals surface area contributed by atoms with E-state index in [1.54, 1.807) is 11.2 Å². The predicted octanol–water partition coefficient (Wildman–Crippen LogP) is 3.65. The Balaban J connectivity index is 2.24. The molecule has 1 amide bonds. The van der Waals surface area contributed by atoms with Crippen LogP contribution in [-0.4, -0.2) is 17.1 Å². The maximum Gasteiger partial charge on any atom is 0.248 e. The molecule has 96 valence electrons. The van der Waals surface area contributed by atoms with Crippen molar-refractivity contribution in [2.24, 2.45) is 10.5 Å². The first-order valence-electron chi connectivity index (χ1n) is 6.01. The lowest BCUT2D eigenvalue weighted by Gasteiger charge is -2.28. The molecule has 1 aliphatic heterocycles. The van der Waals surface area contributed by atoms with E-state index in [0.29, 0.717) is 5.02 Å². The molecule has 0 aliphatic carbocycles. The molecule has 0 fully saturated rings. The van der Waals surface area contributed by atoms with Crippen LogP contribution in [-0.2, 0) is 4.79 Å². The molecule has 1 aromatic rings. The predicted molar refractivity (Wildman–Crippen MR) is 73.6 cm³/mol. The molecule has 0 saturated heterocycles. The molecular formula is C14H17ClN2O. The summed E-state index contributed by atoms with van der Waals surface area (Å²) in [6.45, 7) is 5.71. The fourth-order valence-electron chi connectivity index (χ4n) is 1.92. The van der Waals surface area contributed by atoms with Crippen LogP contribution in [0.25, 0.3) is 0 Å². The van der Waals surface area contributed by atoms with E-state index in [-0.39, 0.29) is 11.9 Å². The number of nitrogens with zero attached hydrogens (tertiary/aromatic N) is 2. The van der Waals surface area contributed by atoms with Crippen molar-refractivity contribution in [1.29, 1.82) is 0 Å². The number of carbonyl (C=O) groups is 1. The zero-order chi connectivity index (χ0) is 13.3. The maximum atomic E-state index is 12.3. The Hall–Kier alpha value is -1.35. The van der Waals surface area contributed by atoms with Gasteiger partial charge in [-0.05, 0) is 17.7 Å². The Kier molecular flexibility index (Phi) is 3.44. The highest BCUT2D eigenvalue weighted by molar-refractivity contribution is 6.30. The highest BCUT2D eigenvalue weighted by atomic mass is 35.5. The quantitative estimate of drug-likeness (QED) is 0.762. The Labute approximate surface area is 112 Å². The highest BCUT2D eigenvalue weighted by Gasteiger charge is 2.34. The summed E-state index contributed by atoms with van der Waals surface area (Å²) in [6, 6.07) is 7.58. The van der Waals surface area contributed by atoms with Gasteiger partial charge in [0.05, 0.1) is 6.04 Å². The number of benzene rings is 1. The molecule has 0 N–H and O–H groups in total. The van der Waals surface area contributed by atoms with Gasteiger partial charge in [-0.3, -0.25) is 4.79 Å². The number of hydrogen-bond donors (Lipinski definition) is 0. The van der Waals surface area contributed by atoms with E-state index in [1.807, 2.05) is 45.0 Å². The normalized spacial score (nSPS) is 19.3. The third kappa shape index (κ3) is 2.56. The lowest BCUT2D eigenvalue weighted by Crippen LogP contribution is -2.36. The second-order valence-electron chi connectivity index (χ2n) is 5.50. The summed E-state index contributed by atoms with van der Waals surface area (Å²) < 4.78 is 0. The molecule has 0 bridgehead atoms. The van der Waals surface area contributed by atoms with Gasteiger partial charge in [0, 0.05) is 23.1 Å². The summed E-state index contributed by atoms with van der Waals surface area (Å²) in [5.41, 5.74) is 0.640. The Morgan fingerprint density at radius 1 is 1.33 bits per heavy atom. The molecule has 1 atom stereocenters. The molecule has 0 saturated carbocycles. The van der Waals surface area contributed by atoms with Gasteiger partial charge in [-0.15, -0.1) is 0 Å². The molecular weight excluding hydrogens is 248 g/mol. The molecule has 1 unspecified atom stereocenters. The van der Waals surface area contributed by atoms with Crippen LogP contribution in [0.3, 0.4) is 0 Å². The Morgan fingerprint density at radius 2 is 1.94 bits per heavy atom. The molecule has 3 nitrogen and oxygen atoms in total. The molecule has 1 aromatic carbocycles. The first-order chi connectivity index (χ1) is 8.39. The van der Waals surface area contributed by atoms with Gasteiger partial charge >= 0.3 is 0 Å². The van der Waals surface area contributed by atoms with Gasteiger partial charge in [0.2, 0.25) is 5.91 Å². The number of hydrogen-bond acceptors (Lipinski definition) is 2. The fourth-order valence-corrected chi connectivity index (χ4v) is 2.04. The molecule has 2 rings (SSSR count). The van der Waals surface area contributed by atoms with Crippen molar-refractivity contribution in [2.45, 2.75) is 33.2 Å². The number of hydrazone groups is 1. The van der Waals surface area contributed by atoms with Gasteiger partial charge in [-0.25, -0.2) is 5.01 Å². The van der Waals surface area contributed by atoms with Gasteiger partial charge in [0.25, 0.3) is 0 Å². The number of carbonyl (C=O) groups excluding carboxylic acids is 1. The third-order valence-corrected chi connectivity index (χ3v) is 3.19. The zero-order valence-electron chi connectivity index (χ0n) is 10.9. The van der Waals surface area contributed by atoms with Gasteiger partial charge in [-0.1, -0.05) is 44.5 Å². The van der Waals surface area contributed by atoms with Crippen LogP contribution < -0.4 is 0 Å². The van der Waals surface area contributed by atoms with Crippen molar-refractivity contribution in [3.05, 3.63) is 34.9 Å². The number of rotatable bonds is 1. The number of halogens is 1. The van der Waals surface area contributed by atoms with E-state index in [9.17, 15) is 4.79 Å². The lowest BCUT2D eigenvalue weighted by molar-refractivity contribution is -0.141. The van der Waals surface area contributed by atoms with Crippen LogP contribution in [0.4, 0.5) is 0 Å². The molecule has 1 heterocycles. The molecule has 4 heteroatoms. The molecule has 1 aliphatic rings. The molecule has 0 radical (unpaired) electrons. The van der Waals surface area contributed by atoms with Crippen LogP contribution in [0.1, 0.15) is 38.8 Å². The molecule has 0 aromatic heterocycles. The molecule has 18 heavy (non-hydrogen) atoms. The Bertz CT molecular complexity index is 474. The van der Waals surface area contributed by atoms with Crippen molar-refractivity contribution in [3.8, 4) is 0 Å². The summed E-state index contributed by atoms with van der Waals surface area (Å²) >= 11 is 5.88. The van der Waals surface area contributed by atoms with Gasteiger partial charge in [0.1, 0.15) is 0 Å². The average molecular weight is 265 g/mol. The summed E-state index contributed by atoms with van der Waals surface area (Å²) in [5, 5.41) is 6.49. The first-order valence-corrected chi connectivity index (χ1v) is 6.39. The SMILES string of the molecule is CC(C)(C)C(=O)N1N=CCC1c1ccc(Cl)cc1. The standard InChI is InChI=1S/C14H17ClN2O/c1-14(2,3)13(18)17-12(8-9-16-17)10-4-6-11(15)7-5-10/h4-7,9,12H,8H2,1-3H3. The van der Waals surface area contributed by atoms with Crippen molar-refractivity contribution in [2.75, 3.05) is 0 Å². The van der Waals surface area contributed by atoms with E-state index in [2.05, 4.69) is 5.10 Å². The van der Waals surface area contributed by atoms with Crippen LogP contribution in [0.15, 0.2) is 29.4 Å². The summed E-state index contributed by atoms with van der Waals surface area (Å²) in [7, 11) is 0. The summed E-state index contributed by atoms with van der Waals surface area (Å²) in [5.74, 6) is 0.0381. The topological polar surface area (TPSA) is 32.7 Å². The van der Waals surface area contributed by atoms with Crippen LogP contribution >= 0.6 is 11.6 Å². The second kappa shape index (κ2) is 4.73. The Morgan fingerprint density at radius 3 is 2.50 bits per heavy atom. The first kappa shape index (κ1) is 13.1. The van der Waals surface area contributed by atoms with E-state index in [0.717, 1.165) is 12.0 Å². The monoisotopic (exact) mass is 264 g/mol.